The summed E-state index contributed by atoms with van der Waals surface area (Å²) >= 11 is 7.64. The molecule has 0 spiro atoms. The Kier molecular flexibility index (Phi) is 4.97. The minimum atomic E-state index is -0.548. The van der Waals surface area contributed by atoms with Gasteiger partial charge in [0.2, 0.25) is 5.95 Å². The molecule has 0 bridgehead atoms. The summed E-state index contributed by atoms with van der Waals surface area (Å²) < 4.78 is 1.59. The quantitative estimate of drug-likeness (QED) is 0.690. The lowest BCUT2D eigenvalue weighted by atomic mass is 9.89. The van der Waals surface area contributed by atoms with E-state index in [0.29, 0.717) is 29.1 Å². The summed E-state index contributed by atoms with van der Waals surface area (Å²) in [5, 5.41) is 14.1. The maximum absolute atomic E-state index is 13.5. The molecule has 142 valence electrons. The number of rotatable bonds is 4. The van der Waals surface area contributed by atoms with Crippen LogP contribution in [0.25, 0.3) is 15.9 Å². The van der Waals surface area contributed by atoms with Crippen molar-refractivity contribution in [1.82, 2.24) is 9.55 Å². The van der Waals surface area contributed by atoms with Crippen molar-refractivity contribution in [2.24, 2.45) is 5.92 Å². The molecular formula is C20H22ClN3O2S. The monoisotopic (exact) mass is 403 g/mol. The second-order valence-corrected chi connectivity index (χ2v) is 8.83. The molecule has 27 heavy (non-hydrogen) atoms. The third-order valence-electron chi connectivity index (χ3n) is 4.97. The van der Waals surface area contributed by atoms with Crippen LogP contribution < -0.4 is 10.9 Å². The van der Waals surface area contributed by atoms with Crippen LogP contribution >= 0.6 is 22.9 Å². The highest BCUT2D eigenvalue weighted by molar-refractivity contribution is 7.18. The summed E-state index contributed by atoms with van der Waals surface area (Å²) in [5.74, 6) is 1.02. The summed E-state index contributed by atoms with van der Waals surface area (Å²) in [5.41, 5.74) is 1.80. The van der Waals surface area contributed by atoms with Crippen LogP contribution in [0.3, 0.4) is 0 Å². The molecule has 0 fully saturated rings. The zero-order valence-corrected chi connectivity index (χ0v) is 16.9. The van der Waals surface area contributed by atoms with E-state index in [9.17, 15) is 9.90 Å². The predicted molar refractivity (Wildman–Crippen MR) is 112 cm³/mol. The summed E-state index contributed by atoms with van der Waals surface area (Å²) in [6.45, 7) is 4.24. The number of aromatic nitrogens is 2. The summed E-state index contributed by atoms with van der Waals surface area (Å²) in [6.07, 6.45) is 2.54. The van der Waals surface area contributed by atoms with Crippen LogP contribution in [-0.4, -0.2) is 27.3 Å². The zero-order valence-electron chi connectivity index (χ0n) is 15.3. The molecule has 0 unspecified atom stereocenters. The lowest BCUT2D eigenvalue weighted by Gasteiger charge is -2.18. The number of anilines is 1. The average Bonchev–Trinajstić information content (AvgIpc) is 2.99. The molecule has 0 aliphatic heterocycles. The number of benzene rings is 1. The van der Waals surface area contributed by atoms with E-state index in [0.717, 1.165) is 35.0 Å². The number of fused-ring (bicyclic) bond motifs is 3. The van der Waals surface area contributed by atoms with Gasteiger partial charge in [0.25, 0.3) is 5.56 Å². The molecule has 5 nitrogen and oxygen atoms in total. The SMILES string of the molecule is C[C@@H]1CCc2sc3nc(NC[C@H](C)O)n(-c4ccc(Cl)cc4)c(=O)c3c2C1. The van der Waals surface area contributed by atoms with Gasteiger partial charge in [-0.05, 0) is 61.9 Å². The molecule has 2 N–H and O–H groups in total. The topological polar surface area (TPSA) is 67.2 Å². The summed E-state index contributed by atoms with van der Waals surface area (Å²) in [7, 11) is 0. The number of hydrogen-bond acceptors (Lipinski definition) is 5. The number of aliphatic hydroxyl groups excluding tert-OH is 1. The summed E-state index contributed by atoms with van der Waals surface area (Å²) in [6, 6.07) is 7.15. The van der Waals surface area contributed by atoms with Gasteiger partial charge in [-0.25, -0.2) is 9.55 Å². The minimum Gasteiger partial charge on any atom is -0.392 e. The third-order valence-corrected chi connectivity index (χ3v) is 6.40. The average molecular weight is 404 g/mol. The lowest BCUT2D eigenvalue weighted by Crippen LogP contribution is -2.27. The number of aryl methyl sites for hydroxylation is 1. The maximum Gasteiger partial charge on any atom is 0.268 e. The lowest BCUT2D eigenvalue weighted by molar-refractivity contribution is 0.208. The van der Waals surface area contributed by atoms with Crippen LogP contribution in [0, 0.1) is 5.92 Å². The number of halogens is 1. The van der Waals surface area contributed by atoms with Gasteiger partial charge in [0.15, 0.2) is 0 Å². The molecule has 1 aliphatic rings. The third kappa shape index (κ3) is 3.49. The van der Waals surface area contributed by atoms with Gasteiger partial charge in [0.1, 0.15) is 4.83 Å². The highest BCUT2D eigenvalue weighted by Crippen LogP contribution is 2.36. The second kappa shape index (κ2) is 7.26. The van der Waals surface area contributed by atoms with E-state index in [1.807, 2.05) is 12.1 Å². The van der Waals surface area contributed by atoms with E-state index in [4.69, 9.17) is 16.6 Å². The van der Waals surface area contributed by atoms with Gasteiger partial charge in [-0.3, -0.25) is 4.79 Å². The van der Waals surface area contributed by atoms with Crippen LogP contribution in [0.15, 0.2) is 29.1 Å². The first kappa shape index (κ1) is 18.5. The molecule has 1 aromatic carbocycles. The fourth-order valence-electron chi connectivity index (χ4n) is 3.58. The van der Waals surface area contributed by atoms with E-state index in [-0.39, 0.29) is 5.56 Å². The molecule has 0 saturated carbocycles. The Labute approximate surface area is 166 Å². The van der Waals surface area contributed by atoms with Crippen molar-refractivity contribution in [3.05, 3.63) is 50.1 Å². The van der Waals surface area contributed by atoms with Crippen molar-refractivity contribution in [2.75, 3.05) is 11.9 Å². The van der Waals surface area contributed by atoms with E-state index in [1.165, 1.54) is 4.88 Å². The zero-order chi connectivity index (χ0) is 19.1. The molecule has 7 heteroatoms. The highest BCUT2D eigenvalue weighted by atomic mass is 35.5. The van der Waals surface area contributed by atoms with Crippen molar-refractivity contribution in [2.45, 2.75) is 39.2 Å². The highest BCUT2D eigenvalue weighted by Gasteiger charge is 2.25. The van der Waals surface area contributed by atoms with E-state index < -0.39 is 6.10 Å². The molecule has 0 amide bonds. The van der Waals surface area contributed by atoms with Crippen LogP contribution in [0.1, 0.15) is 30.7 Å². The molecule has 2 atom stereocenters. The van der Waals surface area contributed by atoms with Gasteiger partial charge in [-0.2, -0.15) is 0 Å². The van der Waals surface area contributed by atoms with Gasteiger partial charge in [0, 0.05) is 16.4 Å². The Morgan fingerprint density at radius 2 is 2.15 bits per heavy atom. The van der Waals surface area contributed by atoms with Gasteiger partial charge in [-0.15, -0.1) is 11.3 Å². The number of nitrogens with zero attached hydrogens (tertiary/aromatic N) is 2. The van der Waals surface area contributed by atoms with Crippen LogP contribution in [0.5, 0.6) is 0 Å². The number of aliphatic hydroxyl groups is 1. The fourth-order valence-corrected chi connectivity index (χ4v) is 4.92. The molecule has 3 aromatic rings. The second-order valence-electron chi connectivity index (χ2n) is 7.31. The van der Waals surface area contributed by atoms with Gasteiger partial charge < -0.3 is 10.4 Å². The molecular weight excluding hydrogens is 382 g/mol. The fraction of sp³-hybridized carbons (Fsp3) is 0.400. The molecule has 2 aromatic heterocycles. The largest absolute Gasteiger partial charge is 0.392 e. The first-order chi connectivity index (χ1) is 12.9. The van der Waals surface area contributed by atoms with Crippen molar-refractivity contribution in [1.29, 1.82) is 0 Å². The maximum atomic E-state index is 13.5. The Hall–Kier alpha value is -1.89. The van der Waals surface area contributed by atoms with Gasteiger partial charge >= 0.3 is 0 Å². The predicted octanol–water partition coefficient (Wildman–Crippen LogP) is 4.02. The molecule has 2 heterocycles. The van der Waals surface area contributed by atoms with Crippen molar-refractivity contribution in [3.63, 3.8) is 0 Å². The van der Waals surface area contributed by atoms with E-state index in [1.54, 1.807) is 35.0 Å². The van der Waals surface area contributed by atoms with Gasteiger partial charge in [-0.1, -0.05) is 18.5 Å². The Morgan fingerprint density at radius 1 is 1.41 bits per heavy atom. The van der Waals surface area contributed by atoms with Gasteiger partial charge in [0.05, 0.1) is 17.2 Å². The van der Waals surface area contributed by atoms with E-state index in [2.05, 4.69) is 12.2 Å². The molecule has 4 rings (SSSR count). The van der Waals surface area contributed by atoms with E-state index >= 15 is 0 Å². The summed E-state index contributed by atoms with van der Waals surface area (Å²) in [4.78, 5) is 20.3. The minimum absolute atomic E-state index is 0.0676. The number of thiophene rings is 1. The Balaban J connectivity index is 1.95. The van der Waals surface area contributed by atoms with Crippen LogP contribution in [0.4, 0.5) is 5.95 Å². The normalized spacial score (nSPS) is 17.7. The van der Waals surface area contributed by atoms with Crippen molar-refractivity contribution in [3.8, 4) is 5.69 Å². The van der Waals surface area contributed by atoms with Crippen LogP contribution in [0.2, 0.25) is 5.02 Å². The standard InChI is InChI=1S/C20H22ClN3O2S/c1-11-3-8-16-15(9-11)17-18(27-16)23-20(22-10-12(2)25)24(19(17)26)14-6-4-13(21)5-7-14/h4-7,11-12,25H,3,8-10H2,1-2H3,(H,22,23)/t11-,12+/m1/s1. The van der Waals surface area contributed by atoms with Crippen LogP contribution in [-0.2, 0) is 12.8 Å². The number of hydrogen-bond donors (Lipinski definition) is 2. The Morgan fingerprint density at radius 3 is 2.85 bits per heavy atom. The Bertz CT molecular complexity index is 1040. The molecule has 0 saturated heterocycles. The first-order valence-electron chi connectivity index (χ1n) is 9.19. The van der Waals surface area contributed by atoms with Crippen molar-refractivity contribution < 1.29 is 5.11 Å². The molecule has 1 aliphatic carbocycles. The molecule has 0 radical (unpaired) electrons. The first-order valence-corrected chi connectivity index (χ1v) is 10.4. The number of nitrogens with one attached hydrogen (secondary N) is 1. The smallest absolute Gasteiger partial charge is 0.268 e. The van der Waals surface area contributed by atoms with Crippen molar-refractivity contribution >= 4 is 39.1 Å².